The summed E-state index contributed by atoms with van der Waals surface area (Å²) in [5.74, 6) is 0.708. The summed E-state index contributed by atoms with van der Waals surface area (Å²) in [6.45, 7) is 3.89. The number of rotatable bonds is 9. The Morgan fingerprint density at radius 3 is 2.62 bits per heavy atom. The van der Waals surface area contributed by atoms with E-state index in [-0.39, 0.29) is 53.3 Å². The highest BCUT2D eigenvalue weighted by molar-refractivity contribution is 14.0. The first kappa shape index (κ1) is 25.5. The summed E-state index contributed by atoms with van der Waals surface area (Å²) in [4.78, 5) is 19.5. The number of carbonyl (C=O) groups is 1. The van der Waals surface area contributed by atoms with Crippen molar-refractivity contribution in [3.05, 3.63) is 22.8 Å². The Bertz CT molecular complexity index is 702. The van der Waals surface area contributed by atoms with Gasteiger partial charge in [0, 0.05) is 25.2 Å². The van der Waals surface area contributed by atoms with Crippen molar-refractivity contribution in [2.24, 2.45) is 10.9 Å². The minimum absolute atomic E-state index is 0. The number of nitrogens with zero attached hydrogens (tertiary/aromatic N) is 2. The molecular formula is C17H24ClF3IN5O2. The second kappa shape index (κ2) is 12.3. The van der Waals surface area contributed by atoms with Gasteiger partial charge < -0.3 is 20.7 Å². The van der Waals surface area contributed by atoms with Crippen LogP contribution < -0.4 is 20.7 Å². The van der Waals surface area contributed by atoms with Crippen LogP contribution in [0.5, 0.6) is 5.88 Å². The molecule has 0 saturated heterocycles. The Hall–Kier alpha value is -1.50. The largest absolute Gasteiger partial charge is 0.475 e. The van der Waals surface area contributed by atoms with Gasteiger partial charge in [0.25, 0.3) is 0 Å². The molecule has 12 heteroatoms. The van der Waals surface area contributed by atoms with Crippen LogP contribution in [0.3, 0.4) is 0 Å². The zero-order valence-electron chi connectivity index (χ0n) is 15.8. The highest BCUT2D eigenvalue weighted by Crippen LogP contribution is 2.33. The fourth-order valence-electron chi connectivity index (χ4n) is 2.18. The number of amides is 1. The van der Waals surface area contributed by atoms with E-state index < -0.39 is 11.7 Å². The lowest BCUT2D eigenvalue weighted by Gasteiger charge is -2.13. The standard InChI is InChI=1S/C17H23ClF3N5O2.HI/c1-2-22-16(24-6-5-23-14(27)11-3-4-11)25-7-8-28-15-13(18)9-12(10-26-15)17(19,20)21;/h9-11H,2-8H2,1H3,(H,23,27)(H2,22,24,25);1H. The van der Waals surface area contributed by atoms with E-state index >= 15 is 0 Å². The maximum absolute atomic E-state index is 12.6. The third-order valence-electron chi connectivity index (χ3n) is 3.74. The van der Waals surface area contributed by atoms with Crippen molar-refractivity contribution in [1.82, 2.24) is 20.9 Å². The van der Waals surface area contributed by atoms with Gasteiger partial charge in [0.15, 0.2) is 5.96 Å². The van der Waals surface area contributed by atoms with Crippen LogP contribution in [-0.2, 0) is 11.0 Å². The van der Waals surface area contributed by atoms with Gasteiger partial charge in [0.1, 0.15) is 11.6 Å². The lowest BCUT2D eigenvalue weighted by Crippen LogP contribution is -2.40. The molecule has 0 atom stereocenters. The summed E-state index contributed by atoms with van der Waals surface area (Å²) in [7, 11) is 0. The molecule has 1 fully saturated rings. The van der Waals surface area contributed by atoms with Gasteiger partial charge >= 0.3 is 6.18 Å². The molecule has 1 amide bonds. The smallest absolute Gasteiger partial charge is 0.417 e. The number of aromatic nitrogens is 1. The molecule has 1 aliphatic rings. The number of carbonyl (C=O) groups excluding carboxylic acids is 1. The maximum atomic E-state index is 12.6. The van der Waals surface area contributed by atoms with E-state index in [0.29, 0.717) is 38.3 Å². The highest BCUT2D eigenvalue weighted by Gasteiger charge is 2.31. The number of aliphatic imine (C=N–C) groups is 1. The molecule has 164 valence electrons. The predicted octanol–water partition coefficient (Wildman–Crippen LogP) is 2.83. The first-order valence-electron chi connectivity index (χ1n) is 8.96. The van der Waals surface area contributed by atoms with Gasteiger partial charge in [-0.1, -0.05) is 11.6 Å². The molecule has 0 aromatic carbocycles. The topological polar surface area (TPSA) is 87.6 Å². The summed E-state index contributed by atoms with van der Waals surface area (Å²) in [6, 6.07) is 0.777. The molecule has 0 aliphatic heterocycles. The Kier molecular flexibility index (Phi) is 10.8. The van der Waals surface area contributed by atoms with Gasteiger partial charge in [-0.05, 0) is 25.8 Å². The van der Waals surface area contributed by atoms with Gasteiger partial charge in [-0.15, -0.1) is 24.0 Å². The van der Waals surface area contributed by atoms with Crippen LogP contribution in [0.25, 0.3) is 0 Å². The quantitative estimate of drug-likeness (QED) is 0.191. The third kappa shape index (κ3) is 9.24. The molecule has 1 aromatic rings. The van der Waals surface area contributed by atoms with Crippen LogP contribution in [0.1, 0.15) is 25.3 Å². The Balaban J connectivity index is 0.00000420. The minimum Gasteiger partial charge on any atom is -0.475 e. The van der Waals surface area contributed by atoms with E-state index in [4.69, 9.17) is 16.3 Å². The van der Waals surface area contributed by atoms with Crippen molar-refractivity contribution in [3.8, 4) is 5.88 Å². The van der Waals surface area contributed by atoms with Crippen molar-refractivity contribution < 1.29 is 22.7 Å². The van der Waals surface area contributed by atoms with Crippen molar-refractivity contribution in [3.63, 3.8) is 0 Å². The molecule has 1 aliphatic carbocycles. The molecule has 29 heavy (non-hydrogen) atoms. The van der Waals surface area contributed by atoms with Crippen molar-refractivity contribution in [2.75, 3.05) is 32.8 Å². The van der Waals surface area contributed by atoms with Gasteiger partial charge in [0.2, 0.25) is 11.8 Å². The molecule has 0 spiro atoms. The zero-order chi connectivity index (χ0) is 20.6. The van der Waals surface area contributed by atoms with E-state index in [9.17, 15) is 18.0 Å². The molecule has 0 bridgehead atoms. The molecule has 1 heterocycles. The second-order valence-electron chi connectivity index (χ2n) is 6.11. The number of guanidine groups is 1. The second-order valence-corrected chi connectivity index (χ2v) is 6.52. The Labute approximate surface area is 189 Å². The summed E-state index contributed by atoms with van der Waals surface area (Å²) < 4.78 is 43.1. The first-order valence-corrected chi connectivity index (χ1v) is 9.34. The first-order chi connectivity index (χ1) is 13.3. The number of halogens is 5. The summed E-state index contributed by atoms with van der Waals surface area (Å²) in [6.07, 6.45) is -1.92. The number of hydrogen-bond acceptors (Lipinski definition) is 4. The molecule has 1 saturated carbocycles. The number of alkyl halides is 3. The van der Waals surface area contributed by atoms with E-state index in [1.54, 1.807) is 0 Å². The van der Waals surface area contributed by atoms with Crippen LogP contribution in [-0.4, -0.2) is 49.6 Å². The summed E-state index contributed by atoms with van der Waals surface area (Å²) in [5.41, 5.74) is -0.932. The predicted molar refractivity (Wildman–Crippen MR) is 115 cm³/mol. The molecule has 1 aromatic heterocycles. The van der Waals surface area contributed by atoms with Crippen molar-refractivity contribution >= 4 is 47.4 Å². The molecule has 7 nitrogen and oxygen atoms in total. The number of ether oxygens (including phenoxy) is 1. The molecule has 0 unspecified atom stereocenters. The van der Waals surface area contributed by atoms with E-state index in [0.717, 1.165) is 18.9 Å². The molecule has 0 radical (unpaired) electrons. The summed E-state index contributed by atoms with van der Waals surface area (Å²) in [5, 5.41) is 8.68. The van der Waals surface area contributed by atoms with Gasteiger partial charge in [-0.2, -0.15) is 13.2 Å². The van der Waals surface area contributed by atoms with Crippen molar-refractivity contribution in [1.29, 1.82) is 0 Å². The lowest BCUT2D eigenvalue weighted by atomic mass is 10.3. The van der Waals surface area contributed by atoms with Crippen LogP contribution >= 0.6 is 35.6 Å². The van der Waals surface area contributed by atoms with Crippen molar-refractivity contribution in [2.45, 2.75) is 25.9 Å². The van der Waals surface area contributed by atoms with Gasteiger partial charge in [0.05, 0.1) is 18.7 Å². The van der Waals surface area contributed by atoms with Gasteiger partial charge in [-0.3, -0.25) is 9.79 Å². The maximum Gasteiger partial charge on any atom is 0.417 e. The normalized spacial score (nSPS) is 14.0. The van der Waals surface area contributed by atoms with Crippen LogP contribution in [0.15, 0.2) is 17.3 Å². The number of hydrogen-bond donors (Lipinski definition) is 3. The van der Waals surface area contributed by atoms with Crippen LogP contribution in [0.2, 0.25) is 5.02 Å². The van der Waals surface area contributed by atoms with E-state index in [1.807, 2.05) is 6.92 Å². The SMILES string of the molecule is CCNC(=NCCNC(=O)C1CC1)NCCOc1ncc(C(F)(F)F)cc1Cl.I. The van der Waals surface area contributed by atoms with E-state index in [1.165, 1.54) is 0 Å². The monoisotopic (exact) mass is 549 g/mol. The Morgan fingerprint density at radius 2 is 2.03 bits per heavy atom. The molecular weight excluding hydrogens is 526 g/mol. The number of pyridine rings is 1. The third-order valence-corrected chi connectivity index (χ3v) is 4.01. The molecule has 3 N–H and O–H groups in total. The minimum atomic E-state index is -4.51. The van der Waals surface area contributed by atoms with Crippen LogP contribution in [0.4, 0.5) is 13.2 Å². The fourth-order valence-corrected chi connectivity index (χ4v) is 2.40. The van der Waals surface area contributed by atoms with Crippen LogP contribution in [0, 0.1) is 5.92 Å². The average Bonchev–Trinajstić information content (AvgIpc) is 3.47. The summed E-state index contributed by atoms with van der Waals surface area (Å²) >= 11 is 5.78. The highest BCUT2D eigenvalue weighted by atomic mass is 127. The fraction of sp³-hybridized carbons (Fsp3) is 0.588. The average molecular weight is 550 g/mol. The Morgan fingerprint density at radius 1 is 1.31 bits per heavy atom. The van der Waals surface area contributed by atoms with E-state index in [2.05, 4.69) is 25.9 Å². The zero-order valence-corrected chi connectivity index (χ0v) is 18.9. The number of nitrogens with one attached hydrogen (secondary N) is 3. The molecule has 2 rings (SSSR count). The lowest BCUT2D eigenvalue weighted by molar-refractivity contribution is -0.137. The van der Waals surface area contributed by atoms with Gasteiger partial charge in [-0.25, -0.2) is 4.98 Å².